The second kappa shape index (κ2) is 6.76. The zero-order valence-electron chi connectivity index (χ0n) is 10.1. The summed E-state index contributed by atoms with van der Waals surface area (Å²) < 4.78 is 56.0. The van der Waals surface area contributed by atoms with Gasteiger partial charge in [-0.2, -0.15) is 0 Å². The molecular weight excluding hydrogens is 367 g/mol. The lowest BCUT2D eigenvalue weighted by Crippen LogP contribution is -2.47. The fourth-order valence-electron chi connectivity index (χ4n) is 1.24. The van der Waals surface area contributed by atoms with Gasteiger partial charge in [-0.15, -0.1) is 0 Å². The minimum atomic E-state index is -3.51. The zero-order chi connectivity index (χ0) is 15.5. The Morgan fingerprint density at radius 1 is 1.20 bits per heavy atom. The highest BCUT2D eigenvalue weighted by Crippen LogP contribution is 2.36. The van der Waals surface area contributed by atoms with Crippen molar-refractivity contribution in [3.8, 4) is 5.75 Å². The zero-order valence-corrected chi connectivity index (χ0v) is 12.5. The summed E-state index contributed by atoms with van der Waals surface area (Å²) in [5.74, 6) is -1.30. The van der Waals surface area contributed by atoms with E-state index in [4.69, 9.17) is 16.3 Å². The number of halogens is 6. The highest BCUT2D eigenvalue weighted by Gasteiger charge is 2.53. The fraction of sp³-hybridized carbons (Fsp3) is 0.417. The van der Waals surface area contributed by atoms with Gasteiger partial charge in [0.25, 0.3) is 12.9 Å². The second-order valence-corrected chi connectivity index (χ2v) is 5.40. The van der Waals surface area contributed by atoms with Crippen molar-refractivity contribution < 1.29 is 27.1 Å². The monoisotopic (exact) mass is 376 g/mol. The van der Waals surface area contributed by atoms with Gasteiger partial charge >= 0.3 is 0 Å². The SMILES string of the molecule is CC(C(=O)C(Br)Oc1ccc(Cl)cc1)(C(F)F)C(F)F. The molecule has 0 aromatic heterocycles. The Labute approximate surface area is 126 Å². The smallest absolute Gasteiger partial charge is 0.256 e. The third-order valence-corrected chi connectivity index (χ3v) is 3.55. The molecule has 1 rings (SSSR count). The molecule has 0 heterocycles. The van der Waals surface area contributed by atoms with Crippen LogP contribution >= 0.6 is 27.5 Å². The van der Waals surface area contributed by atoms with Crippen LogP contribution in [0.3, 0.4) is 0 Å². The summed E-state index contributed by atoms with van der Waals surface area (Å²) in [6.07, 6.45) is -7.02. The van der Waals surface area contributed by atoms with Crippen LogP contribution in [0.15, 0.2) is 24.3 Å². The van der Waals surface area contributed by atoms with Gasteiger partial charge in [0, 0.05) is 5.02 Å². The van der Waals surface area contributed by atoms with E-state index in [2.05, 4.69) is 15.9 Å². The van der Waals surface area contributed by atoms with Crippen molar-refractivity contribution in [2.75, 3.05) is 0 Å². The summed E-state index contributed by atoms with van der Waals surface area (Å²) in [4.78, 5) is 11.8. The van der Waals surface area contributed by atoms with E-state index in [1.807, 2.05) is 0 Å². The van der Waals surface area contributed by atoms with E-state index >= 15 is 0 Å². The molecule has 8 heteroatoms. The Morgan fingerprint density at radius 3 is 2.05 bits per heavy atom. The minimum absolute atomic E-state index is 0.135. The molecule has 112 valence electrons. The second-order valence-electron chi connectivity index (χ2n) is 4.14. The molecule has 0 bridgehead atoms. The van der Waals surface area contributed by atoms with Crippen LogP contribution in [-0.2, 0) is 4.79 Å². The van der Waals surface area contributed by atoms with Crippen LogP contribution in [0.1, 0.15) is 6.92 Å². The van der Waals surface area contributed by atoms with Gasteiger partial charge in [0.15, 0.2) is 5.41 Å². The summed E-state index contributed by atoms with van der Waals surface area (Å²) in [5, 5.41) is -1.21. The number of carbonyl (C=O) groups is 1. The number of alkyl halides is 5. The predicted octanol–water partition coefficient (Wildman–Crippen LogP) is 4.55. The van der Waals surface area contributed by atoms with E-state index in [1.165, 1.54) is 24.3 Å². The number of hydrogen-bond donors (Lipinski definition) is 0. The first kappa shape index (κ1) is 17.2. The van der Waals surface area contributed by atoms with Gasteiger partial charge in [-0.1, -0.05) is 11.6 Å². The van der Waals surface area contributed by atoms with Gasteiger partial charge in [-0.25, -0.2) is 17.6 Å². The number of rotatable bonds is 6. The molecule has 1 aromatic rings. The summed E-state index contributed by atoms with van der Waals surface area (Å²) in [7, 11) is 0. The number of ether oxygens (including phenoxy) is 1. The topological polar surface area (TPSA) is 26.3 Å². The van der Waals surface area contributed by atoms with Crippen molar-refractivity contribution in [1.82, 2.24) is 0 Å². The molecule has 0 radical (unpaired) electrons. The molecule has 20 heavy (non-hydrogen) atoms. The van der Waals surface area contributed by atoms with E-state index in [-0.39, 0.29) is 5.75 Å². The average Bonchev–Trinajstić information content (AvgIpc) is 2.38. The quantitative estimate of drug-likeness (QED) is 0.537. The maximum atomic E-state index is 12.7. The lowest BCUT2D eigenvalue weighted by Gasteiger charge is -2.28. The average molecular weight is 378 g/mol. The third-order valence-electron chi connectivity index (χ3n) is 2.70. The van der Waals surface area contributed by atoms with Gasteiger partial charge in [-0.05, 0) is 47.1 Å². The lowest BCUT2D eigenvalue weighted by molar-refractivity contribution is -0.157. The Bertz CT molecular complexity index is 459. The van der Waals surface area contributed by atoms with E-state index in [1.54, 1.807) is 0 Å². The van der Waals surface area contributed by atoms with Crippen molar-refractivity contribution in [3.05, 3.63) is 29.3 Å². The van der Waals surface area contributed by atoms with Crippen LogP contribution in [-0.4, -0.2) is 23.6 Å². The molecule has 0 spiro atoms. The lowest BCUT2D eigenvalue weighted by atomic mass is 9.87. The Hall–Kier alpha value is -0.820. The van der Waals surface area contributed by atoms with Crippen molar-refractivity contribution in [2.45, 2.75) is 24.8 Å². The molecule has 0 amide bonds. The molecule has 0 aliphatic rings. The normalized spacial score (nSPS) is 13.7. The minimum Gasteiger partial charge on any atom is -0.471 e. The van der Waals surface area contributed by atoms with Crippen LogP contribution in [0.4, 0.5) is 17.6 Å². The van der Waals surface area contributed by atoms with E-state index < -0.39 is 29.1 Å². The van der Waals surface area contributed by atoms with Gasteiger partial charge in [0.05, 0.1) is 0 Å². The maximum Gasteiger partial charge on any atom is 0.256 e. The third kappa shape index (κ3) is 3.63. The van der Waals surface area contributed by atoms with Crippen molar-refractivity contribution in [2.24, 2.45) is 5.41 Å². The number of carbonyl (C=O) groups excluding carboxylic acids is 1. The Morgan fingerprint density at radius 2 is 1.65 bits per heavy atom. The molecule has 0 N–H and O–H groups in total. The van der Waals surface area contributed by atoms with Crippen molar-refractivity contribution in [1.29, 1.82) is 0 Å². The van der Waals surface area contributed by atoms with Crippen LogP contribution < -0.4 is 4.74 Å². The van der Waals surface area contributed by atoms with Gasteiger partial charge in [0.2, 0.25) is 10.8 Å². The van der Waals surface area contributed by atoms with Gasteiger partial charge < -0.3 is 4.74 Å². The molecule has 0 saturated heterocycles. The maximum absolute atomic E-state index is 12.7. The molecule has 0 fully saturated rings. The van der Waals surface area contributed by atoms with Crippen LogP contribution in [0.2, 0.25) is 5.02 Å². The number of hydrogen-bond acceptors (Lipinski definition) is 2. The first-order valence-corrected chi connectivity index (χ1v) is 6.66. The first-order chi connectivity index (χ1) is 9.19. The fourth-order valence-corrected chi connectivity index (χ4v) is 2.08. The van der Waals surface area contributed by atoms with E-state index in [0.29, 0.717) is 11.9 Å². The highest BCUT2D eigenvalue weighted by atomic mass is 79.9. The molecule has 0 aliphatic carbocycles. The summed E-state index contributed by atoms with van der Waals surface area (Å²) >= 11 is 8.33. The first-order valence-electron chi connectivity index (χ1n) is 5.36. The predicted molar refractivity (Wildman–Crippen MR) is 69.9 cm³/mol. The van der Waals surface area contributed by atoms with Crippen molar-refractivity contribution in [3.63, 3.8) is 0 Å². The van der Waals surface area contributed by atoms with Crippen LogP contribution in [0, 0.1) is 5.41 Å². The molecule has 0 saturated carbocycles. The Balaban J connectivity index is 2.87. The Kier molecular flexibility index (Phi) is 5.82. The van der Waals surface area contributed by atoms with Gasteiger partial charge in [0.1, 0.15) is 5.75 Å². The number of Topliss-reactive ketones (excluding diaryl/α,β-unsaturated/α-hetero) is 1. The largest absolute Gasteiger partial charge is 0.471 e. The molecule has 1 unspecified atom stereocenters. The van der Waals surface area contributed by atoms with Gasteiger partial charge in [-0.3, -0.25) is 4.79 Å². The highest BCUT2D eigenvalue weighted by molar-refractivity contribution is 9.09. The van der Waals surface area contributed by atoms with E-state index in [0.717, 1.165) is 0 Å². The number of benzene rings is 1. The summed E-state index contributed by atoms with van der Waals surface area (Å²) in [6, 6.07) is 5.65. The summed E-state index contributed by atoms with van der Waals surface area (Å²) in [6.45, 7) is 0.504. The standard InChI is InChI=1S/C12H10BrClF4O2/c1-12(10(15)16,11(17)18)8(19)9(13)20-7-4-2-6(14)3-5-7/h2-5,9-11H,1H3. The molecule has 1 aromatic carbocycles. The molecule has 0 aliphatic heterocycles. The summed E-state index contributed by atoms with van der Waals surface area (Å²) in [5.41, 5.74) is -3.10. The van der Waals surface area contributed by atoms with Crippen molar-refractivity contribution >= 4 is 33.3 Å². The number of ketones is 1. The molecule has 2 nitrogen and oxygen atoms in total. The van der Waals surface area contributed by atoms with Crippen LogP contribution in [0.5, 0.6) is 5.75 Å². The molecule has 1 atom stereocenters. The van der Waals surface area contributed by atoms with Crippen LogP contribution in [0.25, 0.3) is 0 Å². The van der Waals surface area contributed by atoms with E-state index in [9.17, 15) is 22.4 Å². The molecular formula is C12H10BrClF4O2.